The van der Waals surface area contributed by atoms with Crippen LogP contribution in [0.15, 0.2) is 12.5 Å². The zero-order valence-electron chi connectivity index (χ0n) is 10.7. The number of amides is 1. The van der Waals surface area contributed by atoms with E-state index in [1.807, 2.05) is 12.5 Å². The Hall–Kier alpha value is -1.40. The minimum atomic E-state index is -0.00969. The molecule has 0 aromatic carbocycles. The van der Waals surface area contributed by atoms with Gasteiger partial charge >= 0.3 is 0 Å². The normalized spacial score (nSPS) is 14.7. The predicted molar refractivity (Wildman–Crippen MR) is 67.1 cm³/mol. The van der Waals surface area contributed by atoms with Crippen LogP contribution in [0.25, 0.3) is 0 Å². The minimum Gasteiger partial charge on any atom is -0.383 e. The Kier molecular flexibility index (Phi) is 4.72. The van der Waals surface area contributed by atoms with Gasteiger partial charge in [-0.15, -0.1) is 0 Å². The Bertz CT molecular complexity index is 387. The van der Waals surface area contributed by atoms with Gasteiger partial charge in [0.2, 0.25) is 5.91 Å². The second kappa shape index (κ2) is 6.51. The molecule has 0 saturated heterocycles. The van der Waals surface area contributed by atoms with E-state index in [0.29, 0.717) is 32.3 Å². The van der Waals surface area contributed by atoms with Crippen molar-refractivity contribution in [2.75, 3.05) is 26.8 Å². The first kappa shape index (κ1) is 13.0. The Morgan fingerprint density at radius 1 is 1.61 bits per heavy atom. The van der Waals surface area contributed by atoms with Crippen molar-refractivity contribution in [3.63, 3.8) is 0 Å². The Morgan fingerprint density at radius 3 is 3.17 bits per heavy atom. The molecule has 6 heteroatoms. The molecule has 1 saturated carbocycles. The van der Waals surface area contributed by atoms with E-state index in [9.17, 15) is 4.79 Å². The van der Waals surface area contributed by atoms with Crippen molar-refractivity contribution < 1.29 is 9.53 Å². The standard InChI is InChI=1S/C12H20N4O2/c1-18-5-4-15-12(17)8-13-6-11-7-14-9-16(11)10-2-3-10/h7,9-10,13H,2-6,8H2,1H3,(H,15,17). The molecule has 1 aliphatic rings. The van der Waals surface area contributed by atoms with Gasteiger partial charge in [-0.25, -0.2) is 4.98 Å². The molecule has 2 N–H and O–H groups in total. The van der Waals surface area contributed by atoms with Crippen LogP contribution in [-0.2, 0) is 16.1 Å². The number of carbonyl (C=O) groups excluding carboxylic acids is 1. The van der Waals surface area contributed by atoms with Gasteiger partial charge in [0.15, 0.2) is 0 Å². The lowest BCUT2D eigenvalue weighted by atomic mass is 10.4. The molecule has 1 fully saturated rings. The van der Waals surface area contributed by atoms with Crippen LogP contribution in [0.3, 0.4) is 0 Å². The van der Waals surface area contributed by atoms with Crippen LogP contribution >= 0.6 is 0 Å². The number of rotatable bonds is 8. The maximum absolute atomic E-state index is 11.4. The zero-order valence-corrected chi connectivity index (χ0v) is 10.7. The molecule has 18 heavy (non-hydrogen) atoms. The predicted octanol–water partition coefficient (Wildman–Crippen LogP) is 0.0702. The van der Waals surface area contributed by atoms with E-state index in [1.165, 1.54) is 12.8 Å². The fourth-order valence-electron chi connectivity index (χ4n) is 1.81. The highest BCUT2D eigenvalue weighted by molar-refractivity contribution is 5.77. The third-order valence-corrected chi connectivity index (χ3v) is 2.91. The lowest BCUT2D eigenvalue weighted by molar-refractivity contribution is -0.120. The van der Waals surface area contributed by atoms with Crippen molar-refractivity contribution >= 4 is 5.91 Å². The molecular formula is C12H20N4O2. The van der Waals surface area contributed by atoms with Crippen LogP contribution in [0.1, 0.15) is 24.6 Å². The summed E-state index contributed by atoms with van der Waals surface area (Å²) < 4.78 is 7.05. The molecule has 1 aromatic heterocycles. The van der Waals surface area contributed by atoms with Gasteiger partial charge in [-0.3, -0.25) is 4.79 Å². The first-order valence-corrected chi connectivity index (χ1v) is 6.28. The quantitative estimate of drug-likeness (QED) is 0.643. The van der Waals surface area contributed by atoms with Crippen LogP contribution in [0, 0.1) is 0 Å². The second-order valence-corrected chi connectivity index (χ2v) is 4.47. The fourth-order valence-corrected chi connectivity index (χ4v) is 1.81. The summed E-state index contributed by atoms with van der Waals surface area (Å²) in [4.78, 5) is 15.6. The average Bonchev–Trinajstić information content (AvgIpc) is 3.10. The molecule has 0 spiro atoms. The van der Waals surface area contributed by atoms with Crippen molar-refractivity contribution in [3.05, 3.63) is 18.2 Å². The largest absolute Gasteiger partial charge is 0.383 e. The number of nitrogens with one attached hydrogen (secondary N) is 2. The fraction of sp³-hybridized carbons (Fsp3) is 0.667. The van der Waals surface area contributed by atoms with E-state index in [4.69, 9.17) is 4.74 Å². The monoisotopic (exact) mass is 252 g/mol. The van der Waals surface area contributed by atoms with Gasteiger partial charge in [0.25, 0.3) is 0 Å². The smallest absolute Gasteiger partial charge is 0.234 e. The van der Waals surface area contributed by atoms with Gasteiger partial charge in [-0.1, -0.05) is 0 Å². The van der Waals surface area contributed by atoms with Crippen LogP contribution in [-0.4, -0.2) is 42.3 Å². The van der Waals surface area contributed by atoms with Gasteiger partial charge in [0.05, 0.1) is 25.2 Å². The Labute approximate surface area is 107 Å². The topological polar surface area (TPSA) is 68.2 Å². The molecular weight excluding hydrogens is 232 g/mol. The van der Waals surface area contributed by atoms with Gasteiger partial charge in [-0.05, 0) is 12.8 Å². The molecule has 0 unspecified atom stereocenters. The van der Waals surface area contributed by atoms with E-state index in [1.54, 1.807) is 7.11 Å². The van der Waals surface area contributed by atoms with Gasteiger partial charge in [0.1, 0.15) is 0 Å². The highest BCUT2D eigenvalue weighted by atomic mass is 16.5. The van der Waals surface area contributed by atoms with E-state index in [-0.39, 0.29) is 5.91 Å². The summed E-state index contributed by atoms with van der Waals surface area (Å²) in [6, 6.07) is 0.625. The maximum atomic E-state index is 11.4. The third kappa shape index (κ3) is 3.82. The van der Waals surface area contributed by atoms with Crippen LogP contribution in [0.2, 0.25) is 0 Å². The number of methoxy groups -OCH3 is 1. The molecule has 0 radical (unpaired) electrons. The van der Waals surface area contributed by atoms with Gasteiger partial charge in [0, 0.05) is 32.4 Å². The lowest BCUT2D eigenvalue weighted by Crippen LogP contribution is -2.35. The van der Waals surface area contributed by atoms with Crippen LogP contribution in [0.4, 0.5) is 0 Å². The lowest BCUT2D eigenvalue weighted by Gasteiger charge is -2.08. The minimum absolute atomic E-state index is 0.00969. The number of carbonyl (C=O) groups is 1. The highest BCUT2D eigenvalue weighted by Gasteiger charge is 2.24. The first-order valence-electron chi connectivity index (χ1n) is 6.28. The molecule has 0 bridgehead atoms. The molecule has 2 rings (SSSR count). The number of hydrogen-bond acceptors (Lipinski definition) is 4. The number of hydrogen-bond donors (Lipinski definition) is 2. The Balaban J connectivity index is 1.65. The van der Waals surface area contributed by atoms with Crippen molar-refractivity contribution in [1.82, 2.24) is 20.2 Å². The molecule has 100 valence electrons. The molecule has 1 amide bonds. The van der Waals surface area contributed by atoms with Crippen molar-refractivity contribution in [1.29, 1.82) is 0 Å². The first-order chi connectivity index (χ1) is 8.81. The molecule has 0 atom stereocenters. The van der Waals surface area contributed by atoms with E-state index >= 15 is 0 Å². The SMILES string of the molecule is COCCNC(=O)CNCc1cncn1C1CC1. The molecule has 1 heterocycles. The van der Waals surface area contributed by atoms with E-state index < -0.39 is 0 Å². The molecule has 0 aliphatic heterocycles. The summed E-state index contributed by atoms with van der Waals surface area (Å²) in [5.74, 6) is -0.00969. The summed E-state index contributed by atoms with van der Waals surface area (Å²) in [5, 5.41) is 5.89. The van der Waals surface area contributed by atoms with Crippen LogP contribution < -0.4 is 10.6 Å². The summed E-state index contributed by atoms with van der Waals surface area (Å²) >= 11 is 0. The second-order valence-electron chi connectivity index (χ2n) is 4.47. The van der Waals surface area contributed by atoms with E-state index in [0.717, 1.165) is 5.69 Å². The average molecular weight is 252 g/mol. The van der Waals surface area contributed by atoms with Crippen molar-refractivity contribution in [2.45, 2.75) is 25.4 Å². The molecule has 1 aromatic rings. The third-order valence-electron chi connectivity index (χ3n) is 2.91. The summed E-state index contributed by atoms with van der Waals surface area (Å²) in [6.45, 7) is 2.09. The van der Waals surface area contributed by atoms with Crippen molar-refractivity contribution in [2.24, 2.45) is 0 Å². The summed E-state index contributed by atoms with van der Waals surface area (Å²) in [5.41, 5.74) is 1.14. The van der Waals surface area contributed by atoms with E-state index in [2.05, 4.69) is 20.2 Å². The van der Waals surface area contributed by atoms with Crippen LogP contribution in [0.5, 0.6) is 0 Å². The highest BCUT2D eigenvalue weighted by Crippen LogP contribution is 2.35. The Morgan fingerprint density at radius 2 is 2.44 bits per heavy atom. The number of aromatic nitrogens is 2. The van der Waals surface area contributed by atoms with Crippen molar-refractivity contribution in [3.8, 4) is 0 Å². The summed E-state index contributed by atoms with van der Waals surface area (Å²) in [7, 11) is 1.61. The van der Waals surface area contributed by atoms with Gasteiger partial charge in [-0.2, -0.15) is 0 Å². The maximum Gasteiger partial charge on any atom is 0.234 e. The number of nitrogens with zero attached hydrogens (tertiary/aromatic N) is 2. The molecule has 6 nitrogen and oxygen atoms in total. The van der Waals surface area contributed by atoms with Gasteiger partial charge < -0.3 is 19.9 Å². The number of ether oxygens (including phenoxy) is 1. The number of imidazole rings is 1. The summed E-state index contributed by atoms with van der Waals surface area (Å²) in [6.07, 6.45) is 6.20. The zero-order chi connectivity index (χ0) is 12.8. The molecule has 1 aliphatic carbocycles.